The average molecular weight is 314 g/mol. The molecule has 2 aliphatic rings. The topological polar surface area (TPSA) is 92.5 Å². The van der Waals surface area contributed by atoms with E-state index in [-0.39, 0.29) is 5.88 Å². The highest BCUT2D eigenvalue weighted by Crippen LogP contribution is 2.46. The molecule has 4 N–H and O–H groups in total. The molecule has 4 rings (SSSR count). The number of nitrogens with two attached hydrogens (primary N) is 1. The molecule has 2 heterocycles. The quantitative estimate of drug-likeness (QED) is 0.810. The first-order valence-electron chi connectivity index (χ1n) is 8.24. The number of hydrogen-bond donors (Lipinski definition) is 3. The molecule has 2 fully saturated rings. The van der Waals surface area contributed by atoms with Crippen LogP contribution in [0.25, 0.3) is 11.5 Å². The third-order valence-corrected chi connectivity index (χ3v) is 5.41. The van der Waals surface area contributed by atoms with Crippen molar-refractivity contribution >= 4 is 5.88 Å². The molecular formula is C18H22N2O3. The van der Waals surface area contributed by atoms with Crippen molar-refractivity contribution in [1.29, 1.82) is 0 Å². The van der Waals surface area contributed by atoms with Crippen molar-refractivity contribution < 1.29 is 14.6 Å². The molecule has 0 atom stereocenters. The van der Waals surface area contributed by atoms with E-state index in [2.05, 4.69) is 4.98 Å². The standard InChI is InChI=1S/C18H22N2O3/c1-11-4-5-13(20-15(11)18(22)8-3-9-18)14-10-12(16(19)23-14)17(21)6-2-7-17/h4-5,10,21-22H,2-3,6-9,19H2,1H3. The van der Waals surface area contributed by atoms with E-state index in [1.807, 2.05) is 19.1 Å². The van der Waals surface area contributed by atoms with Gasteiger partial charge in [0.1, 0.15) is 11.3 Å². The molecule has 0 saturated heterocycles. The van der Waals surface area contributed by atoms with Gasteiger partial charge in [0.15, 0.2) is 11.6 Å². The number of rotatable bonds is 3. The monoisotopic (exact) mass is 314 g/mol. The van der Waals surface area contributed by atoms with E-state index < -0.39 is 11.2 Å². The van der Waals surface area contributed by atoms with Gasteiger partial charge in [0, 0.05) is 5.56 Å². The maximum absolute atomic E-state index is 10.6. The van der Waals surface area contributed by atoms with Gasteiger partial charge in [-0.3, -0.25) is 0 Å². The van der Waals surface area contributed by atoms with Crippen LogP contribution >= 0.6 is 0 Å². The van der Waals surface area contributed by atoms with Crippen molar-refractivity contribution in [3.05, 3.63) is 35.0 Å². The summed E-state index contributed by atoms with van der Waals surface area (Å²) >= 11 is 0. The summed E-state index contributed by atoms with van der Waals surface area (Å²) in [6, 6.07) is 5.61. The van der Waals surface area contributed by atoms with E-state index in [0.717, 1.165) is 36.9 Å². The molecule has 5 nitrogen and oxygen atoms in total. The van der Waals surface area contributed by atoms with E-state index in [4.69, 9.17) is 10.2 Å². The zero-order chi connectivity index (χ0) is 16.2. The Bertz CT molecular complexity index is 758. The van der Waals surface area contributed by atoms with E-state index in [1.165, 1.54) is 0 Å². The molecular weight excluding hydrogens is 292 g/mol. The van der Waals surface area contributed by atoms with Gasteiger partial charge < -0.3 is 20.4 Å². The lowest BCUT2D eigenvalue weighted by Gasteiger charge is -2.37. The Labute approximate surface area is 135 Å². The summed E-state index contributed by atoms with van der Waals surface area (Å²) < 4.78 is 5.66. The Kier molecular flexibility index (Phi) is 3.09. The Morgan fingerprint density at radius 3 is 2.30 bits per heavy atom. The molecule has 0 radical (unpaired) electrons. The van der Waals surface area contributed by atoms with Gasteiger partial charge in [-0.1, -0.05) is 6.07 Å². The van der Waals surface area contributed by atoms with Crippen LogP contribution < -0.4 is 5.73 Å². The maximum atomic E-state index is 10.6. The summed E-state index contributed by atoms with van der Waals surface area (Å²) in [4.78, 5) is 4.64. The zero-order valence-electron chi connectivity index (χ0n) is 13.3. The van der Waals surface area contributed by atoms with Crippen LogP contribution in [0.2, 0.25) is 0 Å². The first-order valence-corrected chi connectivity index (χ1v) is 8.24. The second-order valence-electron chi connectivity index (χ2n) is 7.02. The maximum Gasteiger partial charge on any atom is 0.197 e. The summed E-state index contributed by atoms with van der Waals surface area (Å²) in [5, 5.41) is 21.1. The molecule has 0 bridgehead atoms. The number of anilines is 1. The molecule has 0 amide bonds. The fourth-order valence-electron chi connectivity index (χ4n) is 3.56. The zero-order valence-corrected chi connectivity index (χ0v) is 13.3. The van der Waals surface area contributed by atoms with Gasteiger partial charge in [0.05, 0.1) is 11.3 Å². The van der Waals surface area contributed by atoms with Crippen molar-refractivity contribution in [2.24, 2.45) is 0 Å². The minimum atomic E-state index is -0.856. The Balaban J connectivity index is 1.74. The Hall–Kier alpha value is -1.85. The van der Waals surface area contributed by atoms with E-state index >= 15 is 0 Å². The second kappa shape index (κ2) is 4.82. The molecule has 0 aromatic carbocycles. The Morgan fingerprint density at radius 2 is 1.74 bits per heavy atom. The highest BCUT2D eigenvalue weighted by Gasteiger charge is 2.41. The van der Waals surface area contributed by atoms with Gasteiger partial charge in [-0.15, -0.1) is 0 Å². The number of pyridine rings is 1. The van der Waals surface area contributed by atoms with Gasteiger partial charge in [0.25, 0.3) is 0 Å². The predicted molar refractivity (Wildman–Crippen MR) is 86.6 cm³/mol. The molecule has 5 heteroatoms. The molecule has 0 unspecified atom stereocenters. The first kappa shape index (κ1) is 14.7. The minimum absolute atomic E-state index is 0.258. The lowest BCUT2D eigenvalue weighted by atomic mass is 9.75. The third-order valence-electron chi connectivity index (χ3n) is 5.41. The largest absolute Gasteiger partial charge is 0.439 e. The van der Waals surface area contributed by atoms with Crippen LogP contribution in [-0.2, 0) is 11.2 Å². The SMILES string of the molecule is Cc1ccc(-c2cc(C3(O)CCC3)c(N)o2)nc1C1(O)CCC1. The molecule has 2 aromatic heterocycles. The van der Waals surface area contributed by atoms with Gasteiger partial charge in [0.2, 0.25) is 0 Å². The van der Waals surface area contributed by atoms with Crippen LogP contribution in [-0.4, -0.2) is 15.2 Å². The summed E-state index contributed by atoms with van der Waals surface area (Å²) in [6.07, 6.45) is 4.93. The van der Waals surface area contributed by atoms with Crippen LogP contribution in [0.5, 0.6) is 0 Å². The summed E-state index contributed by atoms with van der Waals surface area (Å²) in [7, 11) is 0. The second-order valence-corrected chi connectivity index (χ2v) is 7.02. The van der Waals surface area contributed by atoms with E-state index in [9.17, 15) is 10.2 Å². The molecule has 2 aliphatic carbocycles. The molecule has 0 spiro atoms. The van der Waals surface area contributed by atoms with Crippen molar-refractivity contribution in [2.45, 2.75) is 56.7 Å². The van der Waals surface area contributed by atoms with Crippen LogP contribution in [0.3, 0.4) is 0 Å². The van der Waals surface area contributed by atoms with Gasteiger partial charge in [-0.2, -0.15) is 0 Å². The smallest absolute Gasteiger partial charge is 0.197 e. The number of aliphatic hydroxyl groups is 2. The molecule has 2 aromatic rings. The fraction of sp³-hybridized carbons (Fsp3) is 0.500. The van der Waals surface area contributed by atoms with Crippen molar-refractivity contribution in [3.63, 3.8) is 0 Å². The normalized spacial score (nSPS) is 21.5. The fourth-order valence-corrected chi connectivity index (χ4v) is 3.56. The van der Waals surface area contributed by atoms with Crippen LogP contribution in [0.1, 0.15) is 55.3 Å². The van der Waals surface area contributed by atoms with Crippen molar-refractivity contribution in [1.82, 2.24) is 4.98 Å². The lowest BCUT2D eigenvalue weighted by Crippen LogP contribution is -2.35. The van der Waals surface area contributed by atoms with Crippen LogP contribution in [0.15, 0.2) is 22.6 Å². The van der Waals surface area contributed by atoms with Crippen LogP contribution in [0.4, 0.5) is 5.88 Å². The summed E-state index contributed by atoms with van der Waals surface area (Å²) in [5.74, 6) is 0.801. The number of aromatic nitrogens is 1. The van der Waals surface area contributed by atoms with Crippen LogP contribution in [0, 0.1) is 6.92 Å². The number of aryl methyl sites for hydroxylation is 1. The van der Waals surface area contributed by atoms with E-state index in [1.54, 1.807) is 6.07 Å². The van der Waals surface area contributed by atoms with Gasteiger partial charge in [-0.25, -0.2) is 4.98 Å². The number of furan rings is 1. The molecule has 23 heavy (non-hydrogen) atoms. The number of nitrogens with zero attached hydrogens (tertiary/aromatic N) is 1. The van der Waals surface area contributed by atoms with Crippen molar-refractivity contribution in [3.8, 4) is 11.5 Å². The first-order chi connectivity index (χ1) is 10.9. The lowest BCUT2D eigenvalue weighted by molar-refractivity contribution is -0.0431. The molecule has 122 valence electrons. The highest BCUT2D eigenvalue weighted by molar-refractivity contribution is 5.60. The summed E-state index contributed by atoms with van der Waals surface area (Å²) in [5.41, 5.74) is 7.30. The highest BCUT2D eigenvalue weighted by atomic mass is 16.4. The predicted octanol–water partition coefficient (Wildman–Crippen LogP) is 2.98. The minimum Gasteiger partial charge on any atom is -0.439 e. The van der Waals surface area contributed by atoms with Gasteiger partial charge >= 0.3 is 0 Å². The third kappa shape index (κ3) is 2.18. The van der Waals surface area contributed by atoms with Gasteiger partial charge in [-0.05, 0) is 63.1 Å². The van der Waals surface area contributed by atoms with E-state index in [0.29, 0.717) is 29.9 Å². The number of nitrogen functional groups attached to an aromatic ring is 1. The Morgan fingerprint density at radius 1 is 1.09 bits per heavy atom. The molecule has 2 saturated carbocycles. The van der Waals surface area contributed by atoms with Crippen molar-refractivity contribution in [2.75, 3.05) is 5.73 Å². The number of hydrogen-bond acceptors (Lipinski definition) is 5. The summed E-state index contributed by atoms with van der Waals surface area (Å²) in [6.45, 7) is 1.96. The molecule has 0 aliphatic heterocycles. The average Bonchev–Trinajstić information content (AvgIpc) is 2.85.